The Bertz CT molecular complexity index is 476. The van der Waals surface area contributed by atoms with E-state index in [0.717, 1.165) is 10.9 Å². The molecule has 0 saturated heterocycles. The summed E-state index contributed by atoms with van der Waals surface area (Å²) in [4.78, 5) is 4.16. The summed E-state index contributed by atoms with van der Waals surface area (Å²) in [7, 11) is 4.00. The van der Waals surface area contributed by atoms with Crippen molar-refractivity contribution in [2.24, 2.45) is 7.05 Å². The van der Waals surface area contributed by atoms with Crippen molar-refractivity contribution in [2.75, 3.05) is 7.05 Å². The van der Waals surface area contributed by atoms with Gasteiger partial charge in [-0.15, -0.1) is 0 Å². The van der Waals surface area contributed by atoms with Gasteiger partial charge in [-0.1, -0.05) is 28.1 Å². The molecule has 1 aromatic heterocycles. The van der Waals surface area contributed by atoms with Gasteiger partial charge in [-0.25, -0.2) is 4.98 Å². The summed E-state index contributed by atoms with van der Waals surface area (Å²) in [5, 5.41) is 3.34. The Balaban J connectivity index is 2.16. The van der Waals surface area contributed by atoms with E-state index in [0.29, 0.717) is 6.04 Å². The Labute approximate surface area is 110 Å². The molecule has 2 aromatic rings. The molecule has 0 aliphatic heterocycles. The largest absolute Gasteiger partial charge is 0.336 e. The molecule has 1 atom stereocenters. The van der Waals surface area contributed by atoms with Gasteiger partial charge in [0.05, 0.1) is 18.1 Å². The van der Waals surface area contributed by atoms with E-state index in [-0.39, 0.29) is 0 Å². The summed E-state index contributed by atoms with van der Waals surface area (Å²) in [6.07, 6.45) is 4.71. The van der Waals surface area contributed by atoms with E-state index in [2.05, 4.69) is 55.1 Å². The second-order valence-corrected chi connectivity index (χ2v) is 5.02. The summed E-state index contributed by atoms with van der Waals surface area (Å²) >= 11 is 3.45. The second-order valence-electron chi connectivity index (χ2n) is 4.10. The topological polar surface area (TPSA) is 29.9 Å². The number of benzene rings is 1. The molecule has 90 valence electrons. The summed E-state index contributed by atoms with van der Waals surface area (Å²) < 4.78 is 3.17. The van der Waals surface area contributed by atoms with Crippen molar-refractivity contribution in [3.05, 3.63) is 52.5 Å². The third kappa shape index (κ3) is 2.96. The van der Waals surface area contributed by atoms with Gasteiger partial charge in [0, 0.05) is 17.7 Å². The van der Waals surface area contributed by atoms with E-state index in [1.165, 1.54) is 11.3 Å². The lowest BCUT2D eigenvalue weighted by Crippen LogP contribution is -2.21. The van der Waals surface area contributed by atoms with Gasteiger partial charge in [-0.3, -0.25) is 0 Å². The normalized spacial score (nSPS) is 12.6. The molecule has 0 radical (unpaired) electrons. The van der Waals surface area contributed by atoms with Crippen LogP contribution < -0.4 is 5.32 Å². The van der Waals surface area contributed by atoms with Crippen molar-refractivity contribution >= 4 is 15.9 Å². The number of nitrogens with zero attached hydrogens (tertiary/aromatic N) is 2. The first-order valence-corrected chi connectivity index (χ1v) is 6.38. The molecule has 0 fully saturated rings. The maximum atomic E-state index is 4.16. The Hall–Kier alpha value is -1.13. The molecule has 2 rings (SSSR count). The molecule has 0 bridgehead atoms. The van der Waals surface area contributed by atoms with Gasteiger partial charge in [0.25, 0.3) is 0 Å². The fourth-order valence-corrected chi connectivity index (χ4v) is 2.18. The number of aryl methyl sites for hydroxylation is 1. The molecule has 4 heteroatoms. The highest BCUT2D eigenvalue weighted by molar-refractivity contribution is 9.10. The Morgan fingerprint density at radius 1 is 1.35 bits per heavy atom. The number of likely N-dealkylation sites (N-methyl/N-ethyl adjacent to an activating group) is 1. The van der Waals surface area contributed by atoms with Crippen LogP contribution in [0.25, 0.3) is 0 Å². The minimum absolute atomic E-state index is 0.295. The van der Waals surface area contributed by atoms with Gasteiger partial charge in [-0.05, 0) is 31.2 Å². The van der Waals surface area contributed by atoms with Crippen molar-refractivity contribution < 1.29 is 0 Å². The van der Waals surface area contributed by atoms with Crippen LogP contribution in [0.5, 0.6) is 0 Å². The van der Waals surface area contributed by atoms with Gasteiger partial charge >= 0.3 is 0 Å². The number of hydrogen-bond donors (Lipinski definition) is 1. The molecule has 1 heterocycles. The lowest BCUT2D eigenvalue weighted by molar-refractivity contribution is 0.555. The standard InChI is InChI=1S/C13H16BrN3/c1-15-12(13-8-16-9-17(13)2)7-10-3-5-11(14)6-4-10/h3-6,8-9,12,15H,7H2,1-2H3. The lowest BCUT2D eigenvalue weighted by Gasteiger charge is -2.16. The molecule has 1 unspecified atom stereocenters. The van der Waals surface area contributed by atoms with Crippen LogP contribution in [0.1, 0.15) is 17.3 Å². The van der Waals surface area contributed by atoms with Crippen LogP contribution in [0, 0.1) is 0 Å². The van der Waals surface area contributed by atoms with Crippen LogP contribution in [-0.4, -0.2) is 16.6 Å². The van der Waals surface area contributed by atoms with E-state index in [1.54, 1.807) is 0 Å². The van der Waals surface area contributed by atoms with Crippen LogP contribution >= 0.6 is 15.9 Å². The van der Waals surface area contributed by atoms with Crippen molar-refractivity contribution in [2.45, 2.75) is 12.5 Å². The van der Waals surface area contributed by atoms with Crippen molar-refractivity contribution in [1.29, 1.82) is 0 Å². The van der Waals surface area contributed by atoms with Gasteiger partial charge in [0.2, 0.25) is 0 Å². The molecule has 1 N–H and O–H groups in total. The Kier molecular flexibility index (Phi) is 3.97. The fraction of sp³-hybridized carbons (Fsp3) is 0.308. The minimum Gasteiger partial charge on any atom is -0.336 e. The van der Waals surface area contributed by atoms with Gasteiger partial charge < -0.3 is 9.88 Å². The first-order valence-electron chi connectivity index (χ1n) is 5.58. The molecule has 0 saturated carbocycles. The van der Waals surface area contributed by atoms with Gasteiger partial charge in [0.1, 0.15) is 0 Å². The molecular formula is C13H16BrN3. The maximum absolute atomic E-state index is 4.16. The number of halogens is 1. The smallest absolute Gasteiger partial charge is 0.0946 e. The van der Waals surface area contributed by atoms with Crippen LogP contribution in [0.15, 0.2) is 41.3 Å². The van der Waals surface area contributed by atoms with Crippen molar-refractivity contribution in [1.82, 2.24) is 14.9 Å². The minimum atomic E-state index is 0.295. The molecule has 17 heavy (non-hydrogen) atoms. The predicted octanol–water partition coefficient (Wildman–Crippen LogP) is 2.69. The summed E-state index contributed by atoms with van der Waals surface area (Å²) in [5.41, 5.74) is 2.52. The van der Waals surface area contributed by atoms with E-state index in [9.17, 15) is 0 Å². The van der Waals surface area contributed by atoms with E-state index in [4.69, 9.17) is 0 Å². The van der Waals surface area contributed by atoms with Crippen molar-refractivity contribution in [3.63, 3.8) is 0 Å². The number of hydrogen-bond acceptors (Lipinski definition) is 2. The first-order chi connectivity index (χ1) is 8.20. The molecule has 0 aliphatic rings. The molecule has 3 nitrogen and oxygen atoms in total. The Morgan fingerprint density at radius 3 is 2.59 bits per heavy atom. The van der Waals surface area contributed by atoms with Crippen molar-refractivity contribution in [3.8, 4) is 0 Å². The third-order valence-electron chi connectivity index (χ3n) is 2.91. The van der Waals surface area contributed by atoms with E-state index in [1.807, 2.05) is 26.6 Å². The average molecular weight is 294 g/mol. The molecule has 1 aromatic carbocycles. The third-order valence-corrected chi connectivity index (χ3v) is 3.44. The zero-order chi connectivity index (χ0) is 12.3. The van der Waals surface area contributed by atoms with Crippen LogP contribution in [0.3, 0.4) is 0 Å². The average Bonchev–Trinajstić information content (AvgIpc) is 2.75. The summed E-state index contributed by atoms with van der Waals surface area (Å²) in [5.74, 6) is 0. The van der Waals surface area contributed by atoms with Gasteiger partial charge in [-0.2, -0.15) is 0 Å². The lowest BCUT2D eigenvalue weighted by atomic mass is 10.0. The monoisotopic (exact) mass is 293 g/mol. The van der Waals surface area contributed by atoms with E-state index < -0.39 is 0 Å². The maximum Gasteiger partial charge on any atom is 0.0946 e. The van der Waals surface area contributed by atoms with E-state index >= 15 is 0 Å². The summed E-state index contributed by atoms with van der Waals surface area (Å²) in [6.45, 7) is 0. The summed E-state index contributed by atoms with van der Waals surface area (Å²) in [6, 6.07) is 8.73. The quantitative estimate of drug-likeness (QED) is 0.939. The number of rotatable bonds is 4. The molecule has 0 amide bonds. The number of imidazole rings is 1. The SMILES string of the molecule is CNC(Cc1ccc(Br)cc1)c1cncn1C. The zero-order valence-corrected chi connectivity index (χ0v) is 11.6. The molecule has 0 aliphatic carbocycles. The predicted molar refractivity (Wildman–Crippen MR) is 72.9 cm³/mol. The first kappa shape index (κ1) is 12.3. The van der Waals surface area contributed by atoms with Crippen LogP contribution in [-0.2, 0) is 13.5 Å². The highest BCUT2D eigenvalue weighted by Crippen LogP contribution is 2.19. The number of nitrogens with one attached hydrogen (secondary N) is 1. The van der Waals surface area contributed by atoms with Gasteiger partial charge in [0.15, 0.2) is 0 Å². The molecular weight excluding hydrogens is 278 g/mol. The molecule has 0 spiro atoms. The number of aromatic nitrogens is 2. The van der Waals surface area contributed by atoms with Crippen LogP contribution in [0.4, 0.5) is 0 Å². The highest BCUT2D eigenvalue weighted by atomic mass is 79.9. The Morgan fingerprint density at radius 2 is 2.06 bits per heavy atom. The highest BCUT2D eigenvalue weighted by Gasteiger charge is 2.13. The van der Waals surface area contributed by atoms with Crippen LogP contribution in [0.2, 0.25) is 0 Å². The fourth-order valence-electron chi connectivity index (χ4n) is 1.91. The zero-order valence-electron chi connectivity index (χ0n) is 10.0. The second kappa shape index (κ2) is 5.47.